The van der Waals surface area contributed by atoms with Gasteiger partial charge in [0.05, 0.1) is 12.7 Å². The summed E-state index contributed by atoms with van der Waals surface area (Å²) < 4.78 is 75.1. The highest BCUT2D eigenvalue weighted by atomic mass is 19.4. The summed E-state index contributed by atoms with van der Waals surface area (Å²) in [7, 11) is 1.73. The van der Waals surface area contributed by atoms with Gasteiger partial charge in [-0.1, -0.05) is 18.2 Å². The van der Waals surface area contributed by atoms with Crippen molar-refractivity contribution in [3.63, 3.8) is 0 Å². The van der Waals surface area contributed by atoms with Gasteiger partial charge in [-0.2, -0.15) is 26.3 Å². The number of ether oxygens (including phenoxy) is 2. The molecule has 1 unspecified atom stereocenters. The number of para-hydroxylation sites is 1. The molecule has 1 spiro atoms. The summed E-state index contributed by atoms with van der Waals surface area (Å²) in [5, 5.41) is 17.6. The van der Waals surface area contributed by atoms with Crippen LogP contribution in [0.25, 0.3) is 0 Å². The Morgan fingerprint density at radius 1 is 1.07 bits per heavy atom. The van der Waals surface area contributed by atoms with Gasteiger partial charge in [0.25, 0.3) is 0 Å². The van der Waals surface area contributed by atoms with Crippen LogP contribution in [0.5, 0.6) is 5.75 Å². The zero-order valence-electron chi connectivity index (χ0n) is 22.1. The van der Waals surface area contributed by atoms with Crippen molar-refractivity contribution < 1.29 is 55.6 Å². The topological polar surface area (TPSA) is 134 Å². The second-order valence-electron chi connectivity index (χ2n) is 9.26. The van der Waals surface area contributed by atoms with Gasteiger partial charge in [0, 0.05) is 50.7 Å². The smallest absolute Gasteiger partial charge is 0.490 e. The van der Waals surface area contributed by atoms with E-state index in [0.29, 0.717) is 11.9 Å². The fourth-order valence-corrected chi connectivity index (χ4v) is 4.28. The molecule has 3 heterocycles. The van der Waals surface area contributed by atoms with Crippen LogP contribution < -0.4 is 10.1 Å². The van der Waals surface area contributed by atoms with Gasteiger partial charge >= 0.3 is 24.3 Å². The van der Waals surface area contributed by atoms with Crippen molar-refractivity contribution in [1.29, 1.82) is 0 Å². The van der Waals surface area contributed by atoms with Crippen molar-refractivity contribution in [3.05, 3.63) is 47.8 Å². The number of hydrogen-bond acceptors (Lipinski definition) is 8. The molecule has 0 bridgehead atoms. The summed E-state index contributed by atoms with van der Waals surface area (Å²) in [5.74, 6) is -3.26. The highest BCUT2D eigenvalue weighted by Gasteiger charge is 2.52. The lowest BCUT2D eigenvalue weighted by atomic mass is 9.78. The quantitative estimate of drug-likeness (QED) is 0.400. The molecule has 3 N–H and O–H groups in total. The number of methoxy groups -OCH3 is 1. The Morgan fingerprint density at radius 3 is 2.12 bits per heavy atom. The number of nitrogens with zero attached hydrogens (tertiary/aromatic N) is 3. The van der Waals surface area contributed by atoms with Gasteiger partial charge in [-0.25, -0.2) is 19.6 Å². The van der Waals surface area contributed by atoms with Crippen LogP contribution in [0.15, 0.2) is 36.7 Å². The van der Waals surface area contributed by atoms with Crippen molar-refractivity contribution in [1.82, 2.24) is 14.9 Å². The van der Waals surface area contributed by atoms with E-state index in [1.807, 2.05) is 31.5 Å². The van der Waals surface area contributed by atoms with E-state index >= 15 is 0 Å². The summed E-state index contributed by atoms with van der Waals surface area (Å²) in [4.78, 5) is 28.9. The third kappa shape index (κ3) is 10.4. The number of halogens is 6. The molecule has 0 saturated carbocycles. The van der Waals surface area contributed by atoms with E-state index in [9.17, 15) is 26.3 Å². The summed E-state index contributed by atoms with van der Waals surface area (Å²) in [6.07, 6.45) is -4.26. The second-order valence-corrected chi connectivity index (χ2v) is 9.26. The predicted octanol–water partition coefficient (Wildman–Crippen LogP) is 4.15. The lowest BCUT2D eigenvalue weighted by Gasteiger charge is -2.50. The van der Waals surface area contributed by atoms with Crippen LogP contribution >= 0.6 is 0 Å². The molecule has 0 radical (unpaired) electrons. The highest BCUT2D eigenvalue weighted by Crippen LogP contribution is 2.42. The summed E-state index contributed by atoms with van der Waals surface area (Å²) in [5.41, 5.74) is 2.34. The van der Waals surface area contributed by atoms with E-state index in [1.165, 1.54) is 5.56 Å². The van der Waals surface area contributed by atoms with Crippen molar-refractivity contribution in [3.8, 4) is 5.75 Å². The van der Waals surface area contributed by atoms with Gasteiger partial charge in [0.15, 0.2) is 0 Å². The number of aryl methyl sites for hydroxylation is 1. The Hall–Kier alpha value is -3.66. The second kappa shape index (κ2) is 14.3. The minimum atomic E-state index is -5.08. The Morgan fingerprint density at radius 2 is 1.61 bits per heavy atom. The number of aromatic nitrogens is 2. The van der Waals surface area contributed by atoms with Gasteiger partial charge in [-0.05, 0) is 37.3 Å². The monoisotopic (exact) mass is 596 g/mol. The van der Waals surface area contributed by atoms with Crippen molar-refractivity contribution in [2.45, 2.75) is 44.3 Å². The molecule has 4 rings (SSSR count). The first-order valence-electron chi connectivity index (χ1n) is 12.2. The Balaban J connectivity index is 0.000000349. The number of carboxylic acids is 2. The zero-order valence-corrected chi connectivity index (χ0v) is 22.1. The van der Waals surface area contributed by atoms with Gasteiger partial charge in [-0.15, -0.1) is 0 Å². The number of carbonyl (C=O) groups is 2. The Bertz CT molecular complexity index is 1120. The number of anilines is 1. The number of alkyl halides is 6. The number of aliphatic carboxylic acids is 2. The van der Waals surface area contributed by atoms with Crippen LogP contribution in [-0.4, -0.2) is 88.3 Å². The van der Waals surface area contributed by atoms with Gasteiger partial charge in [0.1, 0.15) is 5.75 Å². The fourth-order valence-electron chi connectivity index (χ4n) is 4.28. The third-order valence-corrected chi connectivity index (χ3v) is 6.21. The predicted molar refractivity (Wildman–Crippen MR) is 132 cm³/mol. The van der Waals surface area contributed by atoms with Crippen LogP contribution in [0.1, 0.15) is 24.0 Å². The summed E-state index contributed by atoms with van der Waals surface area (Å²) in [6.45, 7) is 6.65. The lowest BCUT2D eigenvalue weighted by Crippen LogP contribution is -2.64. The number of benzene rings is 1. The van der Waals surface area contributed by atoms with Crippen LogP contribution in [0.4, 0.5) is 32.3 Å². The largest absolute Gasteiger partial charge is 0.496 e. The molecule has 0 aliphatic carbocycles. The van der Waals surface area contributed by atoms with Crippen LogP contribution in [0, 0.1) is 12.8 Å². The molecule has 2 fully saturated rings. The molecule has 2 aliphatic rings. The molecule has 1 atom stereocenters. The third-order valence-electron chi connectivity index (χ3n) is 6.21. The fraction of sp³-hybridized carbons (Fsp3) is 0.520. The van der Waals surface area contributed by atoms with Crippen LogP contribution in [0.2, 0.25) is 0 Å². The van der Waals surface area contributed by atoms with E-state index in [0.717, 1.165) is 56.9 Å². The van der Waals surface area contributed by atoms with Gasteiger partial charge in [0.2, 0.25) is 5.95 Å². The first-order valence-corrected chi connectivity index (χ1v) is 12.2. The van der Waals surface area contributed by atoms with E-state index in [4.69, 9.17) is 29.3 Å². The molecule has 2 saturated heterocycles. The van der Waals surface area contributed by atoms with Crippen molar-refractivity contribution in [2.75, 3.05) is 38.7 Å². The van der Waals surface area contributed by atoms with E-state index in [2.05, 4.69) is 32.3 Å². The lowest BCUT2D eigenvalue weighted by molar-refractivity contribution is -0.193. The molecule has 228 valence electrons. The molecular formula is C25H30F6N4O6. The van der Waals surface area contributed by atoms with Gasteiger partial charge < -0.3 is 25.0 Å². The summed E-state index contributed by atoms with van der Waals surface area (Å²) in [6, 6.07) is 8.25. The van der Waals surface area contributed by atoms with Crippen molar-refractivity contribution >= 4 is 17.9 Å². The SMILES string of the molecule is COc1ccccc1CN1CC2(C1)OCCC2CCNc1ncc(C)cn1.O=C(O)C(F)(F)F.O=C(O)C(F)(F)F. The van der Waals surface area contributed by atoms with E-state index in [1.54, 1.807) is 7.11 Å². The van der Waals surface area contributed by atoms with E-state index in [-0.39, 0.29) is 5.60 Å². The van der Waals surface area contributed by atoms with E-state index < -0.39 is 24.3 Å². The molecular weight excluding hydrogens is 566 g/mol. The number of likely N-dealkylation sites (tertiary alicyclic amines) is 1. The minimum absolute atomic E-state index is 0.0256. The maximum atomic E-state index is 10.6. The summed E-state index contributed by atoms with van der Waals surface area (Å²) >= 11 is 0. The average molecular weight is 597 g/mol. The Kier molecular flexibility index (Phi) is 11.7. The van der Waals surface area contributed by atoms with Crippen molar-refractivity contribution in [2.24, 2.45) is 5.92 Å². The zero-order chi connectivity index (χ0) is 30.8. The number of carboxylic acid groups (broad SMARTS) is 2. The van der Waals surface area contributed by atoms with Gasteiger partial charge in [-0.3, -0.25) is 4.90 Å². The number of nitrogens with one attached hydrogen (secondary N) is 1. The first kappa shape index (κ1) is 33.5. The number of hydrogen-bond donors (Lipinski definition) is 3. The number of rotatable bonds is 7. The maximum absolute atomic E-state index is 10.6. The standard InChI is InChI=1S/C21H28N4O2.2C2HF3O2/c1-16-11-23-20(24-12-16)22-9-7-18-8-10-27-21(18)14-25(15-21)13-17-5-3-4-6-19(17)26-2;2*3-2(4,5)1(6)7/h3-6,11-12,18H,7-10,13-15H2,1-2H3,(H,22,23,24);2*(H,6,7). The maximum Gasteiger partial charge on any atom is 0.490 e. The molecule has 2 aromatic rings. The first-order chi connectivity index (χ1) is 19.1. The highest BCUT2D eigenvalue weighted by molar-refractivity contribution is 5.73. The molecule has 1 aromatic carbocycles. The molecule has 2 aliphatic heterocycles. The average Bonchev–Trinajstić information content (AvgIpc) is 3.29. The molecule has 41 heavy (non-hydrogen) atoms. The van der Waals surface area contributed by atoms with Crippen LogP contribution in [-0.2, 0) is 20.9 Å². The minimum Gasteiger partial charge on any atom is -0.496 e. The molecule has 10 nitrogen and oxygen atoms in total. The molecule has 0 amide bonds. The van der Waals surface area contributed by atoms with Crippen LogP contribution in [0.3, 0.4) is 0 Å². The molecule has 1 aromatic heterocycles. The normalized spacial score (nSPS) is 17.8. The molecule has 16 heteroatoms. The Labute approximate surface area is 231 Å².